The maximum absolute atomic E-state index is 13.7. The highest BCUT2D eigenvalue weighted by atomic mass is 32.2. The van der Waals surface area contributed by atoms with E-state index in [9.17, 15) is 9.59 Å². The van der Waals surface area contributed by atoms with E-state index < -0.39 is 0 Å². The van der Waals surface area contributed by atoms with Crippen molar-refractivity contribution in [3.05, 3.63) is 44.7 Å². The van der Waals surface area contributed by atoms with Crippen LogP contribution in [0.2, 0.25) is 0 Å². The van der Waals surface area contributed by atoms with Gasteiger partial charge in [0.25, 0.3) is 11.5 Å². The zero-order chi connectivity index (χ0) is 24.0. The molecule has 3 atom stereocenters. The monoisotopic (exact) mass is 498 g/mol. The van der Waals surface area contributed by atoms with Crippen LogP contribution in [0.5, 0.6) is 0 Å². The van der Waals surface area contributed by atoms with Crippen molar-refractivity contribution in [2.24, 2.45) is 11.8 Å². The molecule has 2 aromatic heterocycles. The Labute approximate surface area is 209 Å². The second-order valence-corrected chi connectivity index (χ2v) is 11.5. The molecule has 2 aromatic rings. The molecule has 0 aliphatic carbocycles. The minimum Gasteiger partial charge on any atom is -0.376 e. The molecule has 5 heterocycles. The van der Waals surface area contributed by atoms with E-state index in [0.717, 1.165) is 44.5 Å². The predicted molar refractivity (Wildman–Crippen MR) is 140 cm³/mol. The fourth-order valence-electron chi connectivity index (χ4n) is 5.28. The zero-order valence-electron chi connectivity index (χ0n) is 19.8. The average Bonchev–Trinajstić information content (AvgIpc) is 3.39. The van der Waals surface area contributed by atoms with E-state index in [1.54, 1.807) is 21.6 Å². The van der Waals surface area contributed by atoms with E-state index in [-0.39, 0.29) is 17.6 Å². The van der Waals surface area contributed by atoms with Crippen molar-refractivity contribution in [2.45, 2.75) is 46.1 Å². The third kappa shape index (κ3) is 4.41. The summed E-state index contributed by atoms with van der Waals surface area (Å²) >= 11 is 6.78. The van der Waals surface area contributed by atoms with Crippen molar-refractivity contribution in [3.8, 4) is 0 Å². The zero-order valence-corrected chi connectivity index (χ0v) is 21.5. The second kappa shape index (κ2) is 9.43. The van der Waals surface area contributed by atoms with Crippen LogP contribution >= 0.6 is 24.0 Å². The molecule has 180 valence electrons. The molecule has 3 aliphatic heterocycles. The number of hydrogen-bond acceptors (Lipinski definition) is 7. The number of nitrogens with zero attached hydrogens (tertiary/aromatic N) is 4. The first-order valence-electron chi connectivity index (χ1n) is 12.0. The molecule has 0 N–H and O–H groups in total. The van der Waals surface area contributed by atoms with Crippen molar-refractivity contribution >= 4 is 51.7 Å². The van der Waals surface area contributed by atoms with Crippen LogP contribution in [0.25, 0.3) is 11.7 Å². The summed E-state index contributed by atoms with van der Waals surface area (Å²) in [7, 11) is 0. The van der Waals surface area contributed by atoms with Gasteiger partial charge in [0.05, 0.1) is 23.1 Å². The summed E-state index contributed by atoms with van der Waals surface area (Å²) in [5.74, 6) is 1.49. The number of carbonyl (C=O) groups is 1. The Morgan fingerprint density at radius 3 is 2.74 bits per heavy atom. The molecule has 34 heavy (non-hydrogen) atoms. The molecule has 3 saturated heterocycles. The van der Waals surface area contributed by atoms with Gasteiger partial charge in [0.1, 0.15) is 15.8 Å². The number of fused-ring (bicyclic) bond motifs is 1. The SMILES string of the molecule is Cc1cccn2c(=O)c(/C=C3\SC(=S)N(C[C@H]4CCCO4)C3=O)c(N3C[C@H](C)C[C@H](C)C3)nc12. The average molecular weight is 499 g/mol. The van der Waals surface area contributed by atoms with Gasteiger partial charge < -0.3 is 9.64 Å². The van der Waals surface area contributed by atoms with Crippen LogP contribution in [-0.2, 0) is 9.53 Å². The summed E-state index contributed by atoms with van der Waals surface area (Å²) in [4.78, 5) is 36.3. The molecule has 0 unspecified atom stereocenters. The van der Waals surface area contributed by atoms with Crippen molar-refractivity contribution < 1.29 is 9.53 Å². The van der Waals surface area contributed by atoms with Crippen LogP contribution in [0, 0.1) is 18.8 Å². The van der Waals surface area contributed by atoms with Gasteiger partial charge in [-0.1, -0.05) is 43.9 Å². The van der Waals surface area contributed by atoms with Crippen LogP contribution in [-0.4, -0.2) is 56.9 Å². The van der Waals surface area contributed by atoms with E-state index in [1.165, 1.54) is 11.8 Å². The number of anilines is 1. The topological polar surface area (TPSA) is 67.2 Å². The fourth-order valence-corrected chi connectivity index (χ4v) is 6.54. The van der Waals surface area contributed by atoms with Gasteiger partial charge >= 0.3 is 0 Å². The standard InChI is InChI=1S/C25H30N4O3S2/c1-15-10-16(2)13-27(12-15)22-19(23(30)28-8-4-6-17(3)21(28)26-22)11-20-24(31)29(25(33)34-20)14-18-7-5-9-32-18/h4,6,8,11,15-16,18H,5,7,9-10,12-14H2,1-3H3/b20-11-/t15-,16+,18-/m1/s1. The summed E-state index contributed by atoms with van der Waals surface area (Å²) < 4.78 is 7.80. The molecule has 5 rings (SSSR count). The molecule has 1 amide bonds. The fraction of sp³-hybridized carbons (Fsp3) is 0.520. The van der Waals surface area contributed by atoms with Crippen molar-refractivity contribution in [1.82, 2.24) is 14.3 Å². The van der Waals surface area contributed by atoms with Gasteiger partial charge in [-0.25, -0.2) is 4.98 Å². The first-order valence-corrected chi connectivity index (χ1v) is 13.2. The lowest BCUT2D eigenvalue weighted by atomic mass is 9.91. The summed E-state index contributed by atoms with van der Waals surface area (Å²) in [6.45, 7) is 9.28. The lowest BCUT2D eigenvalue weighted by Crippen LogP contribution is -2.40. The Morgan fingerprint density at radius 1 is 1.26 bits per heavy atom. The maximum atomic E-state index is 13.7. The van der Waals surface area contributed by atoms with E-state index in [2.05, 4.69) is 18.7 Å². The van der Waals surface area contributed by atoms with Crippen molar-refractivity contribution in [3.63, 3.8) is 0 Å². The molecule has 0 bridgehead atoms. The van der Waals surface area contributed by atoms with Gasteiger partial charge in [0.2, 0.25) is 0 Å². The van der Waals surface area contributed by atoms with Gasteiger partial charge in [-0.15, -0.1) is 0 Å². The van der Waals surface area contributed by atoms with Gasteiger partial charge in [-0.3, -0.25) is 18.9 Å². The summed E-state index contributed by atoms with van der Waals surface area (Å²) in [6.07, 6.45) is 6.55. The molecule has 0 saturated carbocycles. The number of thioether (sulfide) groups is 1. The molecular weight excluding hydrogens is 468 g/mol. The van der Waals surface area contributed by atoms with Gasteiger partial charge in [0.15, 0.2) is 0 Å². The predicted octanol–water partition coefficient (Wildman–Crippen LogP) is 3.87. The highest BCUT2D eigenvalue weighted by Crippen LogP contribution is 2.35. The van der Waals surface area contributed by atoms with Gasteiger partial charge in [-0.05, 0) is 55.7 Å². The van der Waals surface area contributed by atoms with E-state index in [1.807, 2.05) is 19.1 Å². The Balaban J connectivity index is 1.59. The molecule has 0 aromatic carbocycles. The van der Waals surface area contributed by atoms with E-state index in [4.69, 9.17) is 21.9 Å². The highest BCUT2D eigenvalue weighted by Gasteiger charge is 2.35. The quantitative estimate of drug-likeness (QED) is 0.468. The summed E-state index contributed by atoms with van der Waals surface area (Å²) in [5.41, 5.74) is 1.87. The molecule has 3 fully saturated rings. The van der Waals surface area contributed by atoms with Crippen LogP contribution in [0.3, 0.4) is 0 Å². The van der Waals surface area contributed by atoms with Crippen molar-refractivity contribution in [2.75, 3.05) is 31.1 Å². The Bertz CT molecular complexity index is 1220. The number of aryl methyl sites for hydroxylation is 1. The van der Waals surface area contributed by atoms with Crippen LogP contribution in [0.15, 0.2) is 28.0 Å². The first kappa shape index (κ1) is 23.5. The molecule has 0 radical (unpaired) electrons. The summed E-state index contributed by atoms with van der Waals surface area (Å²) in [6, 6.07) is 3.81. The van der Waals surface area contributed by atoms with Crippen molar-refractivity contribution in [1.29, 1.82) is 0 Å². The third-order valence-corrected chi connectivity index (χ3v) is 8.17. The number of rotatable bonds is 4. The lowest BCUT2D eigenvalue weighted by Gasteiger charge is -2.36. The minimum atomic E-state index is -0.168. The molecular formula is C25H30N4O3S2. The smallest absolute Gasteiger partial charge is 0.267 e. The normalized spacial score (nSPS) is 26.9. The second-order valence-electron chi connectivity index (χ2n) is 9.82. The third-order valence-electron chi connectivity index (χ3n) is 6.79. The van der Waals surface area contributed by atoms with Crippen LogP contribution in [0.4, 0.5) is 5.82 Å². The number of aromatic nitrogens is 2. The Kier molecular flexibility index (Phi) is 6.52. The number of piperidine rings is 1. The van der Waals surface area contributed by atoms with E-state index in [0.29, 0.717) is 44.6 Å². The minimum absolute atomic E-state index is 0.0182. The Hall–Kier alpha value is -2.23. The summed E-state index contributed by atoms with van der Waals surface area (Å²) in [5, 5.41) is 0. The number of thiocarbonyl (C=S) groups is 1. The number of hydrogen-bond donors (Lipinski definition) is 0. The van der Waals surface area contributed by atoms with Gasteiger partial charge in [0, 0.05) is 25.9 Å². The molecule has 7 nitrogen and oxygen atoms in total. The number of pyridine rings is 1. The molecule has 0 spiro atoms. The first-order chi connectivity index (χ1) is 16.3. The van der Waals surface area contributed by atoms with E-state index >= 15 is 0 Å². The van der Waals surface area contributed by atoms with Gasteiger partial charge in [-0.2, -0.15) is 0 Å². The molecule has 3 aliphatic rings. The number of ether oxygens (including phenoxy) is 1. The molecule has 9 heteroatoms. The van der Waals surface area contributed by atoms with Crippen LogP contribution in [0.1, 0.15) is 44.2 Å². The largest absolute Gasteiger partial charge is 0.376 e. The number of amides is 1. The maximum Gasteiger partial charge on any atom is 0.267 e. The van der Waals surface area contributed by atoms with Crippen LogP contribution < -0.4 is 10.5 Å². The highest BCUT2D eigenvalue weighted by molar-refractivity contribution is 8.26. The Morgan fingerprint density at radius 2 is 2.03 bits per heavy atom. The lowest BCUT2D eigenvalue weighted by molar-refractivity contribution is -0.123. The number of carbonyl (C=O) groups excluding carboxylic acids is 1.